The Balaban J connectivity index is 1.45. The van der Waals surface area contributed by atoms with Crippen LogP contribution in [0.15, 0.2) is 71.3 Å². The third-order valence-corrected chi connectivity index (χ3v) is 3.80. The van der Waals surface area contributed by atoms with Crippen molar-refractivity contribution in [3.05, 3.63) is 78.3 Å². The molecule has 0 unspecified atom stereocenters. The smallest absolute Gasteiger partial charge is 0.221 e. The van der Waals surface area contributed by atoms with Crippen LogP contribution in [0, 0.1) is 0 Å². The fourth-order valence-electron chi connectivity index (χ4n) is 2.53. The van der Waals surface area contributed by atoms with Gasteiger partial charge in [-0.1, -0.05) is 12.1 Å². The van der Waals surface area contributed by atoms with Crippen molar-refractivity contribution in [2.45, 2.75) is 19.9 Å². The maximum atomic E-state index is 11.0. The van der Waals surface area contributed by atoms with Gasteiger partial charge >= 0.3 is 0 Å². The van der Waals surface area contributed by atoms with Crippen LogP contribution >= 0.6 is 0 Å². The number of carbonyl (C=O) groups is 1. The van der Waals surface area contributed by atoms with Crippen LogP contribution in [-0.2, 0) is 17.8 Å². The normalized spacial score (nSPS) is 10.5. The molecule has 5 heteroatoms. The lowest BCUT2D eigenvalue weighted by Crippen LogP contribution is -2.16. The second-order valence-corrected chi connectivity index (χ2v) is 5.96. The zero-order valence-electron chi connectivity index (χ0n) is 14.7. The van der Waals surface area contributed by atoms with Crippen molar-refractivity contribution < 1.29 is 13.9 Å². The molecule has 0 spiro atoms. The van der Waals surface area contributed by atoms with E-state index < -0.39 is 0 Å². The number of hydrogen-bond acceptors (Lipinski definition) is 4. The van der Waals surface area contributed by atoms with Crippen LogP contribution in [0.4, 0.5) is 5.69 Å². The van der Waals surface area contributed by atoms with Crippen molar-refractivity contribution in [1.29, 1.82) is 0 Å². The first-order valence-electron chi connectivity index (χ1n) is 8.56. The molecule has 1 aromatic heterocycles. The van der Waals surface area contributed by atoms with E-state index in [0.29, 0.717) is 0 Å². The number of anilines is 1. The molecule has 0 aliphatic carbocycles. The first-order chi connectivity index (χ1) is 12.7. The fourth-order valence-corrected chi connectivity index (χ4v) is 2.53. The van der Waals surface area contributed by atoms with Crippen LogP contribution in [0.25, 0.3) is 0 Å². The molecular weight excluding hydrogens is 328 g/mol. The van der Waals surface area contributed by atoms with Crippen LogP contribution in [0.1, 0.15) is 18.2 Å². The van der Waals surface area contributed by atoms with Crippen LogP contribution < -0.4 is 15.4 Å². The van der Waals surface area contributed by atoms with Gasteiger partial charge in [0.05, 0.1) is 12.8 Å². The molecule has 134 valence electrons. The number of rotatable bonds is 8. The van der Waals surface area contributed by atoms with Gasteiger partial charge in [-0.05, 0) is 67.1 Å². The Morgan fingerprint density at radius 1 is 1.00 bits per heavy atom. The zero-order valence-corrected chi connectivity index (χ0v) is 14.7. The van der Waals surface area contributed by atoms with Gasteiger partial charge in [0.2, 0.25) is 5.91 Å². The van der Waals surface area contributed by atoms with Crippen molar-refractivity contribution in [2.24, 2.45) is 0 Å². The maximum absolute atomic E-state index is 11.0. The number of ether oxygens (including phenoxy) is 1. The van der Waals surface area contributed by atoms with E-state index in [1.165, 1.54) is 12.5 Å². The third kappa shape index (κ3) is 5.50. The molecule has 0 atom stereocenters. The molecule has 0 saturated heterocycles. The highest BCUT2D eigenvalue weighted by atomic mass is 16.5. The summed E-state index contributed by atoms with van der Waals surface area (Å²) < 4.78 is 11.1. The summed E-state index contributed by atoms with van der Waals surface area (Å²) in [7, 11) is 0. The quantitative estimate of drug-likeness (QED) is 0.593. The summed E-state index contributed by atoms with van der Waals surface area (Å²) in [5, 5.41) is 6.08. The number of benzene rings is 2. The first kappa shape index (κ1) is 17.8. The maximum Gasteiger partial charge on any atom is 0.221 e. The van der Waals surface area contributed by atoms with Gasteiger partial charge in [-0.15, -0.1) is 0 Å². The molecule has 26 heavy (non-hydrogen) atoms. The highest BCUT2D eigenvalue weighted by Gasteiger charge is 2.01. The molecule has 1 heterocycles. The van der Waals surface area contributed by atoms with E-state index in [1.54, 1.807) is 6.26 Å². The molecule has 0 bridgehead atoms. The van der Waals surface area contributed by atoms with Gasteiger partial charge in [0.15, 0.2) is 0 Å². The lowest BCUT2D eigenvalue weighted by atomic mass is 10.1. The highest BCUT2D eigenvalue weighted by molar-refractivity contribution is 5.88. The molecule has 0 saturated carbocycles. The predicted octanol–water partition coefficient (Wildman–Crippen LogP) is 4.36. The number of hydrogen-bond donors (Lipinski definition) is 2. The third-order valence-electron chi connectivity index (χ3n) is 3.80. The molecule has 2 aromatic carbocycles. The summed E-state index contributed by atoms with van der Waals surface area (Å²) >= 11 is 0. The number of nitrogens with one attached hydrogen (secondary N) is 2. The minimum Gasteiger partial charge on any atom is -0.468 e. The molecular formula is C21H22N2O3. The van der Waals surface area contributed by atoms with Crippen LogP contribution in [0.5, 0.6) is 11.5 Å². The first-order valence-corrected chi connectivity index (χ1v) is 8.56. The topological polar surface area (TPSA) is 63.5 Å². The van der Waals surface area contributed by atoms with E-state index in [0.717, 1.165) is 42.5 Å². The molecule has 2 N–H and O–H groups in total. The highest BCUT2D eigenvalue weighted by Crippen LogP contribution is 2.23. The minimum atomic E-state index is -0.0899. The van der Waals surface area contributed by atoms with Crippen molar-refractivity contribution in [2.75, 3.05) is 11.9 Å². The summed E-state index contributed by atoms with van der Waals surface area (Å²) in [5.74, 6) is 2.36. The Morgan fingerprint density at radius 3 is 2.31 bits per heavy atom. The van der Waals surface area contributed by atoms with E-state index >= 15 is 0 Å². The molecule has 1 amide bonds. The molecule has 5 nitrogen and oxygen atoms in total. The lowest BCUT2D eigenvalue weighted by molar-refractivity contribution is -0.114. The van der Waals surface area contributed by atoms with Crippen molar-refractivity contribution >= 4 is 11.6 Å². The van der Waals surface area contributed by atoms with E-state index in [9.17, 15) is 4.79 Å². The molecule has 0 aliphatic heterocycles. The van der Waals surface area contributed by atoms with Gasteiger partial charge in [0.1, 0.15) is 17.3 Å². The summed E-state index contributed by atoms with van der Waals surface area (Å²) in [6.45, 7) is 3.10. The van der Waals surface area contributed by atoms with Crippen molar-refractivity contribution in [1.82, 2.24) is 5.32 Å². The van der Waals surface area contributed by atoms with E-state index in [-0.39, 0.29) is 5.91 Å². The second-order valence-electron chi connectivity index (χ2n) is 5.96. The molecule has 0 radical (unpaired) electrons. The van der Waals surface area contributed by atoms with E-state index in [2.05, 4.69) is 22.8 Å². The Bertz CT molecular complexity index is 809. The van der Waals surface area contributed by atoms with E-state index in [4.69, 9.17) is 9.15 Å². The van der Waals surface area contributed by atoms with Gasteiger partial charge in [0, 0.05) is 12.6 Å². The van der Waals surface area contributed by atoms with Crippen molar-refractivity contribution in [3.8, 4) is 11.5 Å². The van der Waals surface area contributed by atoms with Crippen LogP contribution in [0.3, 0.4) is 0 Å². The van der Waals surface area contributed by atoms with Gasteiger partial charge in [-0.3, -0.25) is 4.79 Å². The molecule has 0 fully saturated rings. The van der Waals surface area contributed by atoms with Crippen molar-refractivity contribution in [3.63, 3.8) is 0 Å². The molecule has 3 aromatic rings. The number of amides is 1. The summed E-state index contributed by atoms with van der Waals surface area (Å²) in [6.07, 6.45) is 2.62. The zero-order chi connectivity index (χ0) is 18.2. The SMILES string of the molecule is CC(=O)Nc1ccc(Oc2ccc(CCNCc3ccco3)cc2)cc1. The summed E-state index contributed by atoms with van der Waals surface area (Å²) in [4.78, 5) is 11.0. The number of furan rings is 1. The average molecular weight is 350 g/mol. The second kappa shape index (κ2) is 8.87. The lowest BCUT2D eigenvalue weighted by Gasteiger charge is -2.08. The fraction of sp³-hybridized carbons (Fsp3) is 0.190. The predicted molar refractivity (Wildman–Crippen MR) is 101 cm³/mol. The molecule has 3 rings (SSSR count). The van der Waals surface area contributed by atoms with Crippen LogP contribution in [0.2, 0.25) is 0 Å². The van der Waals surface area contributed by atoms with Gasteiger partial charge in [-0.25, -0.2) is 0 Å². The minimum absolute atomic E-state index is 0.0899. The Labute approximate surface area is 153 Å². The van der Waals surface area contributed by atoms with Gasteiger partial charge in [0.25, 0.3) is 0 Å². The average Bonchev–Trinajstić information content (AvgIpc) is 3.15. The van der Waals surface area contributed by atoms with Gasteiger partial charge < -0.3 is 19.8 Å². The number of carbonyl (C=O) groups excluding carboxylic acids is 1. The standard InChI is InChI=1S/C21H22N2O3/c1-16(24)23-18-6-10-20(11-7-18)26-19-8-4-17(5-9-19)12-13-22-15-21-3-2-14-25-21/h2-11,14,22H,12-13,15H2,1H3,(H,23,24). The van der Waals surface area contributed by atoms with Crippen LogP contribution in [-0.4, -0.2) is 12.5 Å². The summed E-state index contributed by atoms with van der Waals surface area (Å²) in [6, 6.07) is 19.2. The monoisotopic (exact) mass is 350 g/mol. The Hall–Kier alpha value is -3.05. The van der Waals surface area contributed by atoms with Gasteiger partial charge in [-0.2, -0.15) is 0 Å². The molecule has 0 aliphatic rings. The largest absolute Gasteiger partial charge is 0.468 e. The summed E-state index contributed by atoms with van der Waals surface area (Å²) in [5.41, 5.74) is 1.99. The Morgan fingerprint density at radius 2 is 1.69 bits per heavy atom. The Kier molecular flexibility index (Phi) is 6.06. The van der Waals surface area contributed by atoms with E-state index in [1.807, 2.05) is 48.5 Å².